The summed E-state index contributed by atoms with van der Waals surface area (Å²) in [7, 11) is 0. The summed E-state index contributed by atoms with van der Waals surface area (Å²) in [4.78, 5) is 40.5. The molecule has 2 saturated heterocycles. The van der Waals surface area contributed by atoms with Crippen LogP contribution in [0.4, 0.5) is 5.69 Å². The quantitative estimate of drug-likeness (QED) is 0.805. The van der Waals surface area contributed by atoms with Crippen LogP contribution in [-0.4, -0.2) is 66.4 Å². The zero-order valence-electron chi connectivity index (χ0n) is 13.9. The van der Waals surface area contributed by atoms with Gasteiger partial charge in [0.25, 0.3) is 0 Å². The van der Waals surface area contributed by atoms with Gasteiger partial charge in [0.05, 0.1) is 19.1 Å². The predicted octanol–water partition coefficient (Wildman–Crippen LogP) is 1.07. The number of thioether (sulfide) groups is 1. The minimum Gasteiger partial charge on any atom is -0.480 e. The number of carbonyl (C=O) groups excluding carboxylic acids is 2. The fraction of sp³-hybridized carbons (Fsp3) is 0.471. The van der Waals surface area contributed by atoms with Crippen LogP contribution in [0.3, 0.4) is 0 Å². The largest absolute Gasteiger partial charge is 0.480 e. The van der Waals surface area contributed by atoms with Crippen molar-refractivity contribution in [1.82, 2.24) is 4.90 Å². The van der Waals surface area contributed by atoms with E-state index in [1.807, 2.05) is 30.5 Å². The zero-order chi connectivity index (χ0) is 18.0. The molecule has 2 amide bonds. The topological polar surface area (TPSA) is 87.2 Å². The van der Waals surface area contributed by atoms with E-state index >= 15 is 0 Å². The Kier molecular flexibility index (Phi) is 5.29. The van der Waals surface area contributed by atoms with Gasteiger partial charge in [-0.2, -0.15) is 0 Å². The molecule has 0 aromatic heterocycles. The third-order valence-electron chi connectivity index (χ3n) is 4.55. The highest BCUT2D eigenvalue weighted by Crippen LogP contribution is 2.28. The van der Waals surface area contributed by atoms with Gasteiger partial charge in [0.15, 0.2) is 6.04 Å². The van der Waals surface area contributed by atoms with Crippen LogP contribution in [0.2, 0.25) is 0 Å². The molecule has 25 heavy (non-hydrogen) atoms. The van der Waals surface area contributed by atoms with Crippen molar-refractivity contribution >= 4 is 35.2 Å². The predicted molar refractivity (Wildman–Crippen MR) is 92.6 cm³/mol. The number of ether oxygens (including phenoxy) is 1. The van der Waals surface area contributed by atoms with Crippen molar-refractivity contribution in [3.05, 3.63) is 24.3 Å². The molecule has 0 saturated carbocycles. The number of anilines is 1. The number of carbonyl (C=O) groups is 3. The average Bonchev–Trinajstić information content (AvgIpc) is 3.03. The number of amides is 2. The second kappa shape index (κ2) is 7.45. The van der Waals surface area contributed by atoms with Gasteiger partial charge in [-0.1, -0.05) is 0 Å². The maximum Gasteiger partial charge on any atom is 0.328 e. The van der Waals surface area contributed by atoms with Gasteiger partial charge in [-0.25, -0.2) is 4.79 Å². The fourth-order valence-electron chi connectivity index (χ4n) is 3.19. The van der Waals surface area contributed by atoms with Gasteiger partial charge in [-0.05, 0) is 30.5 Å². The number of morpholine rings is 1. The summed E-state index contributed by atoms with van der Waals surface area (Å²) in [6.07, 6.45) is 2.08. The molecule has 2 aliphatic rings. The van der Waals surface area contributed by atoms with Crippen LogP contribution in [0, 0.1) is 5.92 Å². The number of benzene rings is 1. The lowest BCUT2D eigenvalue weighted by Crippen LogP contribution is -2.54. The van der Waals surface area contributed by atoms with Gasteiger partial charge in [0.2, 0.25) is 11.8 Å². The highest BCUT2D eigenvalue weighted by molar-refractivity contribution is 7.98. The molecule has 134 valence electrons. The molecule has 3 rings (SSSR count). The Morgan fingerprint density at radius 3 is 2.64 bits per heavy atom. The lowest BCUT2D eigenvalue weighted by molar-refractivity contribution is -0.160. The van der Waals surface area contributed by atoms with E-state index in [0.29, 0.717) is 6.61 Å². The monoisotopic (exact) mass is 364 g/mol. The molecule has 1 aromatic rings. The molecule has 0 bridgehead atoms. The lowest BCUT2D eigenvalue weighted by atomic mass is 10.1. The van der Waals surface area contributed by atoms with Crippen LogP contribution in [0.15, 0.2) is 29.2 Å². The van der Waals surface area contributed by atoms with Gasteiger partial charge >= 0.3 is 5.97 Å². The molecule has 2 heterocycles. The first kappa shape index (κ1) is 17.8. The maximum absolute atomic E-state index is 12.8. The Morgan fingerprint density at radius 2 is 2.00 bits per heavy atom. The molecule has 2 unspecified atom stereocenters. The minimum absolute atomic E-state index is 0.0123. The maximum atomic E-state index is 12.8. The van der Waals surface area contributed by atoms with E-state index in [2.05, 4.69) is 0 Å². The normalized spacial score (nSPS) is 23.8. The molecule has 7 nitrogen and oxygen atoms in total. The molecule has 2 aliphatic heterocycles. The molecule has 0 radical (unpaired) electrons. The number of nitrogens with zero attached hydrogens (tertiary/aromatic N) is 2. The van der Waals surface area contributed by atoms with E-state index in [-0.39, 0.29) is 37.9 Å². The smallest absolute Gasteiger partial charge is 0.328 e. The van der Waals surface area contributed by atoms with Crippen LogP contribution in [0.25, 0.3) is 0 Å². The summed E-state index contributed by atoms with van der Waals surface area (Å²) in [5, 5.41) is 9.28. The summed E-state index contributed by atoms with van der Waals surface area (Å²) < 4.78 is 5.17. The minimum atomic E-state index is -1.08. The third-order valence-corrected chi connectivity index (χ3v) is 5.30. The number of hydrogen-bond donors (Lipinski definition) is 1. The third kappa shape index (κ3) is 3.64. The number of carboxylic acids is 1. The van der Waals surface area contributed by atoms with Gasteiger partial charge < -0.3 is 19.6 Å². The Labute approximate surface area is 149 Å². The summed E-state index contributed by atoms with van der Waals surface area (Å²) in [6, 6.07) is 6.62. The van der Waals surface area contributed by atoms with E-state index < -0.39 is 17.9 Å². The Morgan fingerprint density at radius 1 is 1.28 bits per heavy atom. The molecule has 8 heteroatoms. The van der Waals surface area contributed by atoms with Crippen LogP contribution in [-0.2, 0) is 19.1 Å². The second-order valence-electron chi connectivity index (χ2n) is 6.06. The fourth-order valence-corrected chi connectivity index (χ4v) is 3.60. The molecule has 1 N–H and O–H groups in total. The van der Waals surface area contributed by atoms with Gasteiger partial charge in [-0.15, -0.1) is 11.8 Å². The van der Waals surface area contributed by atoms with Crippen LogP contribution < -0.4 is 4.90 Å². The highest BCUT2D eigenvalue weighted by Gasteiger charge is 2.41. The highest BCUT2D eigenvalue weighted by atomic mass is 32.2. The molecule has 2 fully saturated rings. The van der Waals surface area contributed by atoms with Gasteiger partial charge in [0.1, 0.15) is 0 Å². The summed E-state index contributed by atoms with van der Waals surface area (Å²) in [5.74, 6) is -2.00. The van der Waals surface area contributed by atoms with Crippen molar-refractivity contribution in [3.8, 4) is 0 Å². The Balaban J connectivity index is 1.72. The van der Waals surface area contributed by atoms with Gasteiger partial charge in [0, 0.05) is 30.1 Å². The van der Waals surface area contributed by atoms with E-state index in [1.54, 1.807) is 16.7 Å². The van der Waals surface area contributed by atoms with E-state index in [9.17, 15) is 19.5 Å². The van der Waals surface area contributed by atoms with E-state index in [0.717, 1.165) is 10.6 Å². The van der Waals surface area contributed by atoms with Crippen LogP contribution in [0.1, 0.15) is 6.42 Å². The van der Waals surface area contributed by atoms with Crippen molar-refractivity contribution in [2.24, 2.45) is 5.92 Å². The van der Waals surface area contributed by atoms with Crippen molar-refractivity contribution in [2.45, 2.75) is 17.4 Å². The van der Waals surface area contributed by atoms with Crippen LogP contribution in [0.5, 0.6) is 0 Å². The van der Waals surface area contributed by atoms with Crippen molar-refractivity contribution in [2.75, 3.05) is 37.5 Å². The lowest BCUT2D eigenvalue weighted by Gasteiger charge is -2.34. The second-order valence-corrected chi connectivity index (χ2v) is 6.94. The SMILES string of the molecule is CSc1ccc(N2CC(C(=O)N3CCOCC3C(=O)O)CC2=O)cc1. The summed E-state index contributed by atoms with van der Waals surface area (Å²) >= 11 is 1.62. The molecule has 0 aliphatic carbocycles. The Hall–Kier alpha value is -2.06. The van der Waals surface area contributed by atoms with Crippen LogP contribution >= 0.6 is 11.8 Å². The number of rotatable bonds is 4. The Bertz CT molecular complexity index is 678. The molecular formula is C17H20N2O5S. The first-order valence-corrected chi connectivity index (χ1v) is 9.29. The number of aliphatic carboxylic acids is 1. The molecule has 2 atom stereocenters. The number of carboxylic acid groups (broad SMARTS) is 1. The van der Waals surface area contributed by atoms with E-state index in [4.69, 9.17) is 4.74 Å². The first-order valence-electron chi connectivity index (χ1n) is 8.06. The van der Waals surface area contributed by atoms with Crippen molar-refractivity contribution < 1.29 is 24.2 Å². The van der Waals surface area contributed by atoms with E-state index in [1.165, 1.54) is 4.90 Å². The average molecular weight is 364 g/mol. The molecule has 0 spiro atoms. The standard InChI is InChI=1S/C17H20N2O5S/c1-25-13-4-2-12(3-5-13)19-9-11(8-15(19)20)16(21)18-6-7-24-10-14(18)17(22)23/h2-5,11,14H,6-10H2,1H3,(H,22,23). The van der Waals surface area contributed by atoms with Crippen molar-refractivity contribution in [3.63, 3.8) is 0 Å². The molecular weight excluding hydrogens is 344 g/mol. The summed E-state index contributed by atoms with van der Waals surface area (Å²) in [6.45, 7) is 0.820. The molecule has 1 aromatic carbocycles. The zero-order valence-corrected chi connectivity index (χ0v) is 14.7. The first-order chi connectivity index (χ1) is 12.0. The number of hydrogen-bond acceptors (Lipinski definition) is 5. The summed E-state index contributed by atoms with van der Waals surface area (Å²) in [5.41, 5.74) is 0.759. The van der Waals surface area contributed by atoms with Crippen molar-refractivity contribution in [1.29, 1.82) is 0 Å². The van der Waals surface area contributed by atoms with Gasteiger partial charge in [-0.3, -0.25) is 9.59 Å².